The van der Waals surface area contributed by atoms with E-state index in [-0.39, 0.29) is 0 Å². The molecule has 0 unspecified atom stereocenters. The van der Waals surface area contributed by atoms with Crippen molar-refractivity contribution < 1.29 is 4.74 Å². The third kappa shape index (κ3) is 5.52. The van der Waals surface area contributed by atoms with Gasteiger partial charge in [-0.15, -0.1) is 0 Å². The molecule has 0 heterocycles. The summed E-state index contributed by atoms with van der Waals surface area (Å²) in [6, 6.07) is 17.2. The summed E-state index contributed by atoms with van der Waals surface area (Å²) >= 11 is 3.50. The standard InChI is InChI=1S/C18H22BrNO/c1-14(20-13-16-4-3-5-17(19)12-16)6-7-15-8-10-18(21-2)11-9-15/h3-5,8-12,14,20H,6-7,13H2,1-2H3/t14-/m0/s1. The maximum Gasteiger partial charge on any atom is 0.118 e. The maximum atomic E-state index is 5.18. The second-order valence-electron chi connectivity index (χ2n) is 5.30. The summed E-state index contributed by atoms with van der Waals surface area (Å²) in [5.74, 6) is 0.916. The van der Waals surface area contributed by atoms with Crippen LogP contribution in [0, 0.1) is 0 Å². The monoisotopic (exact) mass is 347 g/mol. The lowest BCUT2D eigenvalue weighted by molar-refractivity contribution is 0.414. The van der Waals surface area contributed by atoms with Crippen LogP contribution >= 0.6 is 15.9 Å². The van der Waals surface area contributed by atoms with Crippen molar-refractivity contribution in [3.05, 3.63) is 64.1 Å². The van der Waals surface area contributed by atoms with Crippen molar-refractivity contribution in [2.24, 2.45) is 0 Å². The molecule has 0 aliphatic heterocycles. The highest BCUT2D eigenvalue weighted by Crippen LogP contribution is 2.14. The largest absolute Gasteiger partial charge is 0.497 e. The zero-order valence-electron chi connectivity index (χ0n) is 12.6. The number of rotatable bonds is 7. The highest BCUT2D eigenvalue weighted by molar-refractivity contribution is 9.10. The van der Waals surface area contributed by atoms with Gasteiger partial charge in [0.25, 0.3) is 0 Å². The van der Waals surface area contributed by atoms with Crippen LogP contribution in [-0.4, -0.2) is 13.2 Å². The fraction of sp³-hybridized carbons (Fsp3) is 0.333. The predicted molar refractivity (Wildman–Crippen MR) is 91.8 cm³/mol. The molecule has 0 aliphatic rings. The SMILES string of the molecule is COc1ccc(CC[C@H](C)NCc2cccc(Br)c2)cc1. The van der Waals surface area contributed by atoms with Crippen LogP contribution < -0.4 is 10.1 Å². The number of ether oxygens (including phenoxy) is 1. The first-order valence-corrected chi connectivity index (χ1v) is 8.07. The minimum atomic E-state index is 0.492. The third-order valence-corrected chi connectivity index (χ3v) is 4.06. The fourth-order valence-electron chi connectivity index (χ4n) is 2.22. The second kappa shape index (κ2) is 8.20. The minimum absolute atomic E-state index is 0.492. The first-order valence-electron chi connectivity index (χ1n) is 7.28. The van der Waals surface area contributed by atoms with Gasteiger partial charge in [0.05, 0.1) is 7.11 Å². The van der Waals surface area contributed by atoms with Gasteiger partial charge in [-0.3, -0.25) is 0 Å². The number of hydrogen-bond donors (Lipinski definition) is 1. The molecule has 0 aliphatic carbocycles. The van der Waals surface area contributed by atoms with Crippen molar-refractivity contribution in [2.45, 2.75) is 32.4 Å². The van der Waals surface area contributed by atoms with Crippen LogP contribution in [0.4, 0.5) is 0 Å². The van der Waals surface area contributed by atoms with E-state index in [4.69, 9.17) is 4.74 Å². The Labute approximate surface area is 135 Å². The summed E-state index contributed by atoms with van der Waals surface area (Å²) in [6.45, 7) is 3.14. The van der Waals surface area contributed by atoms with Gasteiger partial charge < -0.3 is 10.1 Å². The number of hydrogen-bond acceptors (Lipinski definition) is 2. The van der Waals surface area contributed by atoms with Gasteiger partial charge in [0.15, 0.2) is 0 Å². The van der Waals surface area contributed by atoms with Crippen LogP contribution in [0.5, 0.6) is 5.75 Å². The molecule has 0 spiro atoms. The Morgan fingerprint density at radius 2 is 1.86 bits per heavy atom. The summed E-state index contributed by atoms with van der Waals surface area (Å²) in [5, 5.41) is 3.57. The lowest BCUT2D eigenvalue weighted by Gasteiger charge is -2.14. The van der Waals surface area contributed by atoms with E-state index in [1.165, 1.54) is 11.1 Å². The van der Waals surface area contributed by atoms with E-state index in [0.29, 0.717) is 6.04 Å². The summed E-state index contributed by atoms with van der Waals surface area (Å²) in [7, 11) is 1.70. The normalized spacial score (nSPS) is 12.1. The van der Waals surface area contributed by atoms with Crippen LogP contribution in [0.1, 0.15) is 24.5 Å². The molecule has 0 saturated heterocycles. The lowest BCUT2D eigenvalue weighted by Crippen LogP contribution is -2.25. The maximum absolute atomic E-state index is 5.18. The molecule has 3 heteroatoms. The van der Waals surface area contributed by atoms with E-state index in [9.17, 15) is 0 Å². The van der Waals surface area contributed by atoms with E-state index in [1.807, 2.05) is 12.1 Å². The summed E-state index contributed by atoms with van der Waals surface area (Å²) in [4.78, 5) is 0. The Morgan fingerprint density at radius 1 is 1.10 bits per heavy atom. The lowest BCUT2D eigenvalue weighted by atomic mass is 10.1. The molecule has 2 aromatic carbocycles. The summed E-state index contributed by atoms with van der Waals surface area (Å²) < 4.78 is 6.31. The smallest absolute Gasteiger partial charge is 0.118 e. The highest BCUT2D eigenvalue weighted by atomic mass is 79.9. The van der Waals surface area contributed by atoms with Crippen LogP contribution in [-0.2, 0) is 13.0 Å². The zero-order chi connectivity index (χ0) is 15.1. The molecule has 112 valence electrons. The zero-order valence-corrected chi connectivity index (χ0v) is 14.2. The van der Waals surface area contributed by atoms with Crippen LogP contribution in [0.15, 0.2) is 53.0 Å². The van der Waals surface area contributed by atoms with Crippen molar-refractivity contribution in [1.82, 2.24) is 5.32 Å². The first-order chi connectivity index (χ1) is 10.2. The van der Waals surface area contributed by atoms with Crippen molar-refractivity contribution in [3.8, 4) is 5.75 Å². The highest BCUT2D eigenvalue weighted by Gasteiger charge is 2.03. The number of nitrogens with one attached hydrogen (secondary N) is 1. The fourth-order valence-corrected chi connectivity index (χ4v) is 2.66. The molecule has 0 amide bonds. The minimum Gasteiger partial charge on any atom is -0.497 e. The molecular weight excluding hydrogens is 326 g/mol. The van der Waals surface area contributed by atoms with E-state index < -0.39 is 0 Å². The molecule has 0 bridgehead atoms. The Bertz CT molecular complexity index is 553. The van der Waals surface area contributed by atoms with E-state index in [0.717, 1.165) is 29.6 Å². The van der Waals surface area contributed by atoms with Crippen molar-refractivity contribution in [1.29, 1.82) is 0 Å². The molecule has 1 atom stereocenters. The number of methoxy groups -OCH3 is 1. The molecule has 1 N–H and O–H groups in total. The van der Waals surface area contributed by atoms with Crippen molar-refractivity contribution in [3.63, 3.8) is 0 Å². The molecule has 2 rings (SSSR count). The molecule has 0 saturated carbocycles. The van der Waals surface area contributed by atoms with Gasteiger partial charge in [0.1, 0.15) is 5.75 Å². The van der Waals surface area contributed by atoms with Gasteiger partial charge >= 0.3 is 0 Å². The molecule has 0 radical (unpaired) electrons. The third-order valence-electron chi connectivity index (χ3n) is 3.57. The summed E-state index contributed by atoms with van der Waals surface area (Å²) in [6.07, 6.45) is 2.21. The van der Waals surface area contributed by atoms with Gasteiger partial charge in [-0.1, -0.05) is 40.2 Å². The van der Waals surface area contributed by atoms with Gasteiger partial charge in [0, 0.05) is 17.1 Å². The molecular formula is C18H22BrNO. The van der Waals surface area contributed by atoms with Crippen LogP contribution in [0.3, 0.4) is 0 Å². The van der Waals surface area contributed by atoms with Gasteiger partial charge in [-0.25, -0.2) is 0 Å². The second-order valence-corrected chi connectivity index (χ2v) is 6.21. The average Bonchev–Trinajstić information content (AvgIpc) is 2.51. The average molecular weight is 348 g/mol. The summed E-state index contributed by atoms with van der Waals surface area (Å²) in [5.41, 5.74) is 2.66. The van der Waals surface area contributed by atoms with Crippen LogP contribution in [0.2, 0.25) is 0 Å². The van der Waals surface area contributed by atoms with E-state index in [2.05, 4.69) is 64.6 Å². The Kier molecular flexibility index (Phi) is 6.27. The molecule has 2 nitrogen and oxygen atoms in total. The quantitative estimate of drug-likeness (QED) is 0.792. The number of benzene rings is 2. The Hall–Kier alpha value is -1.32. The predicted octanol–water partition coefficient (Wildman–Crippen LogP) is 4.57. The van der Waals surface area contributed by atoms with Crippen molar-refractivity contribution in [2.75, 3.05) is 7.11 Å². The van der Waals surface area contributed by atoms with Gasteiger partial charge in [-0.2, -0.15) is 0 Å². The Morgan fingerprint density at radius 3 is 2.52 bits per heavy atom. The Balaban J connectivity index is 1.75. The van der Waals surface area contributed by atoms with Gasteiger partial charge in [0.2, 0.25) is 0 Å². The number of aryl methyl sites for hydroxylation is 1. The molecule has 0 fully saturated rings. The molecule has 0 aromatic heterocycles. The first kappa shape index (κ1) is 16.1. The van der Waals surface area contributed by atoms with Gasteiger partial charge in [-0.05, 0) is 55.2 Å². The van der Waals surface area contributed by atoms with E-state index in [1.54, 1.807) is 7.11 Å². The van der Waals surface area contributed by atoms with Crippen molar-refractivity contribution >= 4 is 15.9 Å². The van der Waals surface area contributed by atoms with Crippen LogP contribution in [0.25, 0.3) is 0 Å². The number of halogens is 1. The molecule has 2 aromatic rings. The topological polar surface area (TPSA) is 21.3 Å². The van der Waals surface area contributed by atoms with E-state index >= 15 is 0 Å². The molecule has 21 heavy (non-hydrogen) atoms.